The number of Topliss-reactive ketones (excluding diaryl/α,β-unsaturated/α-hetero) is 1. The van der Waals surface area contributed by atoms with Crippen LogP contribution in [0.3, 0.4) is 0 Å². The standard InChI is InChI=1S/C16H16O3/c1-4-12-16(5-2,15(18)19-6-3)14(17)13-10-8-7-9-11-13/h2,4,7-11H,1,6,12H2,3H3. The molecule has 1 atom stereocenters. The van der Waals surface area contributed by atoms with Crippen LogP contribution in [0.1, 0.15) is 23.7 Å². The van der Waals surface area contributed by atoms with Gasteiger partial charge in [0.05, 0.1) is 6.61 Å². The highest BCUT2D eigenvalue weighted by Crippen LogP contribution is 2.29. The fraction of sp³-hybridized carbons (Fsp3) is 0.250. The quantitative estimate of drug-likeness (QED) is 0.258. The molecule has 3 heteroatoms. The van der Waals surface area contributed by atoms with Crippen molar-refractivity contribution >= 4 is 11.8 Å². The van der Waals surface area contributed by atoms with Crippen LogP contribution in [0.5, 0.6) is 0 Å². The number of terminal acetylenes is 1. The van der Waals surface area contributed by atoms with Gasteiger partial charge in [0.25, 0.3) is 0 Å². The van der Waals surface area contributed by atoms with Crippen molar-refractivity contribution in [2.75, 3.05) is 6.61 Å². The van der Waals surface area contributed by atoms with Crippen LogP contribution in [0.4, 0.5) is 0 Å². The number of ether oxygens (including phenoxy) is 1. The molecule has 3 nitrogen and oxygen atoms in total. The van der Waals surface area contributed by atoms with Gasteiger partial charge in [-0.2, -0.15) is 0 Å². The number of allylic oxidation sites excluding steroid dienone is 1. The number of carbonyl (C=O) groups is 2. The molecule has 1 rings (SSSR count). The van der Waals surface area contributed by atoms with Crippen molar-refractivity contribution in [3.63, 3.8) is 0 Å². The zero-order valence-corrected chi connectivity index (χ0v) is 10.9. The van der Waals surface area contributed by atoms with Gasteiger partial charge in [-0.15, -0.1) is 13.0 Å². The number of benzene rings is 1. The van der Waals surface area contributed by atoms with Gasteiger partial charge in [0.1, 0.15) is 0 Å². The lowest BCUT2D eigenvalue weighted by molar-refractivity contribution is -0.149. The maximum atomic E-state index is 12.5. The third-order valence-corrected chi connectivity index (χ3v) is 2.74. The summed E-state index contributed by atoms with van der Waals surface area (Å²) in [4.78, 5) is 24.6. The first kappa shape index (κ1) is 14.7. The van der Waals surface area contributed by atoms with Gasteiger partial charge in [0.2, 0.25) is 0 Å². The first-order valence-corrected chi connectivity index (χ1v) is 5.98. The maximum Gasteiger partial charge on any atom is 0.332 e. The first-order chi connectivity index (χ1) is 9.12. The molecule has 1 aromatic rings. The van der Waals surface area contributed by atoms with Gasteiger partial charge in [-0.1, -0.05) is 42.3 Å². The Kier molecular flexibility index (Phi) is 5.08. The van der Waals surface area contributed by atoms with E-state index in [0.29, 0.717) is 5.56 Å². The summed E-state index contributed by atoms with van der Waals surface area (Å²) in [6, 6.07) is 8.46. The van der Waals surface area contributed by atoms with Gasteiger partial charge in [-0.25, -0.2) is 4.79 Å². The molecule has 0 bridgehead atoms. The molecular weight excluding hydrogens is 240 g/mol. The Labute approximate surface area is 113 Å². The number of hydrogen-bond donors (Lipinski definition) is 0. The smallest absolute Gasteiger partial charge is 0.332 e. The summed E-state index contributed by atoms with van der Waals surface area (Å²) < 4.78 is 4.94. The van der Waals surface area contributed by atoms with Crippen LogP contribution in [0.15, 0.2) is 43.0 Å². The van der Waals surface area contributed by atoms with Crippen molar-refractivity contribution in [3.8, 4) is 12.3 Å². The van der Waals surface area contributed by atoms with E-state index in [1.165, 1.54) is 6.08 Å². The summed E-state index contributed by atoms with van der Waals surface area (Å²) in [5.74, 6) is 1.17. The molecular formula is C16H16O3. The van der Waals surface area contributed by atoms with Crippen molar-refractivity contribution in [2.24, 2.45) is 5.41 Å². The van der Waals surface area contributed by atoms with Gasteiger partial charge in [0, 0.05) is 5.56 Å². The zero-order valence-electron chi connectivity index (χ0n) is 10.9. The molecule has 0 heterocycles. The van der Waals surface area contributed by atoms with Gasteiger partial charge in [-0.3, -0.25) is 4.79 Å². The van der Waals surface area contributed by atoms with Crippen molar-refractivity contribution in [3.05, 3.63) is 48.6 Å². The molecule has 0 aliphatic heterocycles. The summed E-state index contributed by atoms with van der Waals surface area (Å²) in [6.45, 7) is 5.39. The number of esters is 1. The van der Waals surface area contributed by atoms with E-state index in [1.54, 1.807) is 37.3 Å². The van der Waals surface area contributed by atoms with E-state index in [9.17, 15) is 9.59 Å². The molecule has 0 aliphatic rings. The molecule has 0 fully saturated rings. The molecule has 0 radical (unpaired) electrons. The Morgan fingerprint density at radius 3 is 2.53 bits per heavy atom. The normalized spacial score (nSPS) is 12.8. The topological polar surface area (TPSA) is 43.4 Å². The van der Waals surface area contributed by atoms with Crippen LogP contribution in [0, 0.1) is 17.8 Å². The Morgan fingerprint density at radius 1 is 1.42 bits per heavy atom. The molecule has 0 saturated carbocycles. The van der Waals surface area contributed by atoms with Crippen molar-refractivity contribution < 1.29 is 14.3 Å². The highest BCUT2D eigenvalue weighted by atomic mass is 16.5. The Hall–Kier alpha value is -2.34. The predicted molar refractivity (Wildman–Crippen MR) is 73.5 cm³/mol. The fourth-order valence-electron chi connectivity index (χ4n) is 1.76. The lowest BCUT2D eigenvalue weighted by Crippen LogP contribution is -2.39. The minimum atomic E-state index is -1.63. The zero-order chi connectivity index (χ0) is 14.3. The summed E-state index contributed by atoms with van der Waals surface area (Å²) in [5.41, 5.74) is -1.24. The van der Waals surface area contributed by atoms with E-state index in [-0.39, 0.29) is 13.0 Å². The van der Waals surface area contributed by atoms with E-state index in [4.69, 9.17) is 11.2 Å². The molecule has 1 unspecified atom stereocenters. The second-order valence-electron chi connectivity index (χ2n) is 3.96. The Balaban J connectivity index is 3.24. The van der Waals surface area contributed by atoms with Gasteiger partial charge in [-0.05, 0) is 13.3 Å². The molecule has 0 saturated heterocycles. The molecule has 19 heavy (non-hydrogen) atoms. The highest BCUT2D eigenvalue weighted by Gasteiger charge is 2.45. The second kappa shape index (κ2) is 6.55. The highest BCUT2D eigenvalue weighted by molar-refractivity contribution is 6.15. The third kappa shape index (κ3) is 2.92. The number of rotatable bonds is 6. The minimum Gasteiger partial charge on any atom is -0.465 e. The monoisotopic (exact) mass is 256 g/mol. The van der Waals surface area contributed by atoms with E-state index < -0.39 is 17.2 Å². The summed E-state index contributed by atoms with van der Waals surface area (Å²) in [6.07, 6.45) is 6.95. The van der Waals surface area contributed by atoms with Crippen LogP contribution in [-0.2, 0) is 9.53 Å². The molecule has 0 aromatic heterocycles. The third-order valence-electron chi connectivity index (χ3n) is 2.74. The lowest BCUT2D eigenvalue weighted by atomic mass is 9.78. The summed E-state index contributed by atoms with van der Waals surface area (Å²) in [5, 5.41) is 0. The largest absolute Gasteiger partial charge is 0.465 e. The van der Waals surface area contributed by atoms with Gasteiger partial charge in [0.15, 0.2) is 11.2 Å². The van der Waals surface area contributed by atoms with Gasteiger partial charge < -0.3 is 4.74 Å². The Bertz CT molecular complexity index is 511. The van der Waals surface area contributed by atoms with Crippen molar-refractivity contribution in [1.82, 2.24) is 0 Å². The number of carbonyl (C=O) groups excluding carboxylic acids is 2. The predicted octanol–water partition coefficient (Wildman–Crippen LogP) is 2.63. The van der Waals surface area contributed by atoms with Crippen LogP contribution >= 0.6 is 0 Å². The first-order valence-electron chi connectivity index (χ1n) is 5.98. The van der Waals surface area contributed by atoms with Crippen LogP contribution < -0.4 is 0 Å². The molecule has 98 valence electrons. The van der Waals surface area contributed by atoms with Gasteiger partial charge >= 0.3 is 5.97 Å². The van der Waals surface area contributed by atoms with Crippen molar-refractivity contribution in [1.29, 1.82) is 0 Å². The van der Waals surface area contributed by atoms with E-state index in [1.807, 2.05) is 0 Å². The minimum absolute atomic E-state index is 0.0516. The van der Waals surface area contributed by atoms with Crippen LogP contribution in [0.2, 0.25) is 0 Å². The Morgan fingerprint density at radius 2 is 2.05 bits per heavy atom. The average Bonchev–Trinajstić information content (AvgIpc) is 2.45. The van der Waals surface area contributed by atoms with Crippen LogP contribution in [-0.4, -0.2) is 18.4 Å². The van der Waals surface area contributed by atoms with E-state index in [2.05, 4.69) is 12.5 Å². The van der Waals surface area contributed by atoms with E-state index >= 15 is 0 Å². The SMILES string of the molecule is C#CC(CC=C)(C(=O)OCC)C(=O)c1ccccc1. The summed E-state index contributed by atoms with van der Waals surface area (Å²) >= 11 is 0. The van der Waals surface area contributed by atoms with E-state index in [0.717, 1.165) is 0 Å². The number of hydrogen-bond acceptors (Lipinski definition) is 3. The second-order valence-corrected chi connectivity index (χ2v) is 3.96. The lowest BCUT2D eigenvalue weighted by Gasteiger charge is -2.23. The molecule has 0 spiro atoms. The van der Waals surface area contributed by atoms with Crippen molar-refractivity contribution in [2.45, 2.75) is 13.3 Å². The summed E-state index contributed by atoms with van der Waals surface area (Å²) in [7, 11) is 0. The van der Waals surface area contributed by atoms with Crippen LogP contribution in [0.25, 0.3) is 0 Å². The average molecular weight is 256 g/mol. The molecule has 1 aromatic carbocycles. The fourth-order valence-corrected chi connectivity index (χ4v) is 1.76. The number of ketones is 1. The molecule has 0 N–H and O–H groups in total. The molecule has 0 aliphatic carbocycles. The molecule has 0 amide bonds. The maximum absolute atomic E-state index is 12.5.